The number of aliphatic hydroxyl groups excluding tert-OH is 1. The summed E-state index contributed by atoms with van der Waals surface area (Å²) in [5.41, 5.74) is 1.38. The summed E-state index contributed by atoms with van der Waals surface area (Å²) in [6.07, 6.45) is 1.17. The van der Waals surface area contributed by atoms with Crippen molar-refractivity contribution in [1.82, 2.24) is 4.90 Å². The normalized spacial score (nSPS) is 13.3. The summed E-state index contributed by atoms with van der Waals surface area (Å²) in [7, 11) is 3.00. The van der Waals surface area contributed by atoms with Gasteiger partial charge in [0.25, 0.3) is 11.8 Å². The van der Waals surface area contributed by atoms with Crippen LogP contribution in [0, 0.1) is 0 Å². The van der Waals surface area contributed by atoms with E-state index in [1.54, 1.807) is 42.5 Å². The van der Waals surface area contributed by atoms with E-state index < -0.39 is 11.8 Å². The van der Waals surface area contributed by atoms with Crippen molar-refractivity contribution in [3.05, 3.63) is 65.4 Å². The number of aliphatic hydroxyl groups is 1. The number of methoxy groups -OCH3 is 2. The highest BCUT2D eigenvalue weighted by molar-refractivity contribution is 6.17. The van der Waals surface area contributed by atoms with E-state index in [1.807, 2.05) is 0 Å². The highest BCUT2D eigenvalue weighted by atomic mass is 16.5. The molecule has 0 saturated carbocycles. The molecule has 0 radical (unpaired) electrons. The number of carbonyl (C=O) groups is 3. The van der Waals surface area contributed by atoms with Crippen LogP contribution in [0.25, 0.3) is 0 Å². The van der Waals surface area contributed by atoms with E-state index in [0.717, 1.165) is 4.90 Å². The second kappa shape index (κ2) is 8.57. The Kier molecular flexibility index (Phi) is 5.94. The molecule has 0 aliphatic carbocycles. The molecule has 2 aromatic carbocycles. The lowest BCUT2D eigenvalue weighted by Crippen LogP contribution is -2.34. The molecular weight excluding hydrogens is 376 g/mol. The third kappa shape index (κ3) is 4.12. The maximum atomic E-state index is 12.9. The number of hydrogen-bond donors (Lipinski definition) is 2. The van der Waals surface area contributed by atoms with E-state index in [0.29, 0.717) is 28.3 Å². The zero-order valence-electron chi connectivity index (χ0n) is 16.0. The third-order valence-electron chi connectivity index (χ3n) is 4.38. The molecule has 0 atom stereocenters. The van der Waals surface area contributed by atoms with Crippen LogP contribution in [-0.4, -0.2) is 55.0 Å². The van der Waals surface area contributed by atoms with Crippen LogP contribution in [0.4, 0.5) is 5.69 Å². The molecule has 0 saturated heterocycles. The Morgan fingerprint density at radius 1 is 1.03 bits per heavy atom. The minimum absolute atomic E-state index is 0.0722. The van der Waals surface area contributed by atoms with Crippen molar-refractivity contribution in [2.75, 3.05) is 32.7 Å². The van der Waals surface area contributed by atoms with Crippen LogP contribution in [-0.2, 0) is 9.59 Å². The van der Waals surface area contributed by atoms with Crippen molar-refractivity contribution in [1.29, 1.82) is 0 Å². The predicted molar refractivity (Wildman–Crippen MR) is 105 cm³/mol. The van der Waals surface area contributed by atoms with Crippen molar-refractivity contribution in [2.45, 2.75) is 0 Å². The monoisotopic (exact) mass is 396 g/mol. The Bertz CT molecular complexity index is 998. The van der Waals surface area contributed by atoms with Crippen molar-refractivity contribution in [3.8, 4) is 11.5 Å². The number of nitrogens with one attached hydrogen (secondary N) is 1. The van der Waals surface area contributed by atoms with Gasteiger partial charge < -0.3 is 19.9 Å². The lowest BCUT2D eigenvalue weighted by atomic mass is 10.0. The number of imide groups is 1. The minimum atomic E-state index is -0.527. The molecule has 0 aromatic heterocycles. The summed E-state index contributed by atoms with van der Waals surface area (Å²) in [6.45, 7) is -0.384. The quantitative estimate of drug-likeness (QED) is 0.516. The van der Waals surface area contributed by atoms with Crippen LogP contribution in [0.1, 0.15) is 15.9 Å². The van der Waals surface area contributed by atoms with Crippen LogP contribution in [0.15, 0.2) is 54.2 Å². The third-order valence-corrected chi connectivity index (χ3v) is 4.38. The second-order valence-electron chi connectivity index (χ2n) is 6.18. The molecule has 2 N–H and O–H groups in total. The van der Waals surface area contributed by atoms with E-state index in [1.165, 1.54) is 20.3 Å². The summed E-state index contributed by atoms with van der Waals surface area (Å²) in [4.78, 5) is 37.9. The van der Waals surface area contributed by atoms with Crippen LogP contribution < -0.4 is 14.8 Å². The standard InChI is InChI=1S/C21H20N2O6/c1-28-17-7-6-14(11-18(17)29-2)20(26)13-4-3-5-15(10-13)22-16-12-19(25)23(8-9-24)21(16)27/h3-7,10-12,22,24H,8-9H2,1-2H3. The summed E-state index contributed by atoms with van der Waals surface area (Å²) in [5, 5.41) is 11.8. The van der Waals surface area contributed by atoms with Crippen molar-refractivity contribution in [2.24, 2.45) is 0 Å². The fraction of sp³-hybridized carbons (Fsp3) is 0.190. The van der Waals surface area contributed by atoms with Gasteiger partial charge in [-0.2, -0.15) is 0 Å². The Morgan fingerprint density at radius 3 is 2.45 bits per heavy atom. The molecule has 8 heteroatoms. The lowest BCUT2D eigenvalue weighted by Gasteiger charge is -2.13. The molecule has 1 heterocycles. The molecule has 29 heavy (non-hydrogen) atoms. The van der Waals surface area contributed by atoms with Crippen LogP contribution in [0.2, 0.25) is 0 Å². The number of amides is 2. The van der Waals surface area contributed by atoms with E-state index in [-0.39, 0.29) is 24.6 Å². The molecule has 8 nitrogen and oxygen atoms in total. The summed E-state index contributed by atoms with van der Waals surface area (Å²) in [5.74, 6) is -0.302. The van der Waals surface area contributed by atoms with Gasteiger partial charge in [0.2, 0.25) is 0 Å². The van der Waals surface area contributed by atoms with E-state index in [2.05, 4.69) is 5.32 Å². The van der Waals surface area contributed by atoms with E-state index >= 15 is 0 Å². The number of rotatable bonds is 8. The fourth-order valence-corrected chi connectivity index (χ4v) is 2.95. The van der Waals surface area contributed by atoms with E-state index in [4.69, 9.17) is 14.6 Å². The van der Waals surface area contributed by atoms with Gasteiger partial charge in [-0.05, 0) is 30.3 Å². The summed E-state index contributed by atoms with van der Waals surface area (Å²) in [6, 6.07) is 11.5. The number of carbonyl (C=O) groups excluding carboxylic acids is 3. The number of nitrogens with zero attached hydrogens (tertiary/aromatic N) is 1. The van der Waals surface area contributed by atoms with Gasteiger partial charge in [-0.3, -0.25) is 19.3 Å². The van der Waals surface area contributed by atoms with Gasteiger partial charge in [0.1, 0.15) is 5.70 Å². The summed E-state index contributed by atoms with van der Waals surface area (Å²) < 4.78 is 10.4. The van der Waals surface area contributed by atoms with Crippen molar-refractivity contribution in [3.63, 3.8) is 0 Å². The van der Waals surface area contributed by atoms with Gasteiger partial charge in [-0.25, -0.2) is 0 Å². The zero-order chi connectivity index (χ0) is 21.0. The molecule has 0 spiro atoms. The molecule has 1 aliphatic rings. The second-order valence-corrected chi connectivity index (χ2v) is 6.18. The van der Waals surface area contributed by atoms with Crippen LogP contribution in [0.5, 0.6) is 11.5 Å². The van der Waals surface area contributed by atoms with Gasteiger partial charge in [-0.15, -0.1) is 0 Å². The highest BCUT2D eigenvalue weighted by Gasteiger charge is 2.30. The number of ether oxygens (including phenoxy) is 2. The molecule has 1 aliphatic heterocycles. The molecule has 2 amide bonds. The maximum absolute atomic E-state index is 12.9. The average Bonchev–Trinajstić information content (AvgIpc) is 3.00. The molecule has 3 rings (SSSR count). The summed E-state index contributed by atoms with van der Waals surface area (Å²) >= 11 is 0. The largest absolute Gasteiger partial charge is 0.493 e. The Labute approximate surface area is 167 Å². The fourth-order valence-electron chi connectivity index (χ4n) is 2.95. The first-order chi connectivity index (χ1) is 14.0. The van der Waals surface area contributed by atoms with Gasteiger partial charge in [0.15, 0.2) is 17.3 Å². The van der Waals surface area contributed by atoms with Gasteiger partial charge in [0.05, 0.1) is 27.4 Å². The number of ketones is 1. The van der Waals surface area contributed by atoms with Crippen molar-refractivity contribution >= 4 is 23.3 Å². The zero-order valence-corrected chi connectivity index (χ0v) is 16.0. The number of hydrogen-bond acceptors (Lipinski definition) is 7. The Balaban J connectivity index is 1.81. The molecule has 150 valence electrons. The smallest absolute Gasteiger partial charge is 0.277 e. The first-order valence-electron chi connectivity index (χ1n) is 8.80. The Morgan fingerprint density at radius 2 is 1.76 bits per heavy atom. The molecule has 0 bridgehead atoms. The lowest BCUT2D eigenvalue weighted by molar-refractivity contribution is -0.137. The SMILES string of the molecule is COc1ccc(C(=O)c2cccc(NC3=CC(=O)N(CCO)C3=O)c2)cc1OC. The first-order valence-corrected chi connectivity index (χ1v) is 8.80. The van der Waals surface area contributed by atoms with Crippen molar-refractivity contribution < 1.29 is 29.0 Å². The topological polar surface area (TPSA) is 105 Å². The molecule has 0 unspecified atom stereocenters. The van der Waals surface area contributed by atoms with E-state index in [9.17, 15) is 14.4 Å². The Hall–Kier alpha value is -3.65. The number of anilines is 1. The average molecular weight is 396 g/mol. The highest BCUT2D eigenvalue weighted by Crippen LogP contribution is 2.29. The molecule has 2 aromatic rings. The molecular formula is C21H20N2O6. The maximum Gasteiger partial charge on any atom is 0.277 e. The van der Waals surface area contributed by atoms with Gasteiger partial charge in [0, 0.05) is 22.9 Å². The first kappa shape index (κ1) is 20.1. The number of benzene rings is 2. The predicted octanol–water partition coefficient (Wildman–Crippen LogP) is 1.59. The van der Waals surface area contributed by atoms with Crippen LogP contribution >= 0.6 is 0 Å². The van der Waals surface area contributed by atoms with Gasteiger partial charge >= 0.3 is 0 Å². The van der Waals surface area contributed by atoms with Gasteiger partial charge in [-0.1, -0.05) is 12.1 Å². The molecule has 0 fully saturated rings. The number of β-amino-alcohol motifs (C(OH)–C–C–N with tert-alkyl or cyclic N) is 1. The van der Waals surface area contributed by atoms with Crippen LogP contribution in [0.3, 0.4) is 0 Å². The minimum Gasteiger partial charge on any atom is -0.493 e.